The molecule has 5 aliphatic carbocycles. The number of allylic oxidation sites excluding steroid dienone is 6. The molecule has 0 saturated heterocycles. The molecule has 0 amide bonds. The van der Waals surface area contributed by atoms with Crippen LogP contribution in [0.2, 0.25) is 0 Å². The summed E-state index contributed by atoms with van der Waals surface area (Å²) in [6, 6.07) is 0. The minimum absolute atomic E-state index is 0.0132. The van der Waals surface area contributed by atoms with Gasteiger partial charge < -0.3 is 4.74 Å². The van der Waals surface area contributed by atoms with E-state index < -0.39 is 0 Å². The van der Waals surface area contributed by atoms with Crippen molar-refractivity contribution in [3.05, 3.63) is 36.0 Å². The van der Waals surface area contributed by atoms with E-state index >= 15 is 0 Å². The van der Waals surface area contributed by atoms with Crippen molar-refractivity contribution in [3.8, 4) is 0 Å². The van der Waals surface area contributed by atoms with Crippen LogP contribution in [0.3, 0.4) is 0 Å². The number of hydrogen-bond donors (Lipinski definition) is 0. The van der Waals surface area contributed by atoms with Crippen LogP contribution in [0.4, 0.5) is 0 Å². The minimum Gasteiger partial charge on any atom is -0.463 e. The Morgan fingerprint density at radius 2 is 1.94 bits per heavy atom. The number of carbonyl (C=O) groups excluding carboxylic acids is 2. The number of fused-ring (bicyclic) bond motifs is 2. The number of rotatable bonds is 10. The Labute approximate surface area is 194 Å². The van der Waals surface area contributed by atoms with Crippen molar-refractivity contribution in [2.45, 2.75) is 91.6 Å². The zero-order valence-corrected chi connectivity index (χ0v) is 20.5. The summed E-state index contributed by atoms with van der Waals surface area (Å²) in [5.41, 5.74) is 1.89. The van der Waals surface area contributed by atoms with Crippen LogP contribution in [0.1, 0.15) is 85.5 Å². The molecule has 0 aliphatic heterocycles. The monoisotopic (exact) mass is 438 g/mol. The van der Waals surface area contributed by atoms with Gasteiger partial charge >= 0.3 is 5.97 Å². The maximum atomic E-state index is 11.5. The minimum atomic E-state index is -0.0884. The quantitative estimate of drug-likeness (QED) is 0.162. The molecule has 0 spiro atoms. The largest absolute Gasteiger partial charge is 0.463 e. The summed E-state index contributed by atoms with van der Waals surface area (Å²) in [7, 11) is 0. The average Bonchev–Trinajstić information content (AvgIpc) is 3.17. The van der Waals surface area contributed by atoms with E-state index in [0.29, 0.717) is 6.42 Å². The predicted molar refractivity (Wildman–Crippen MR) is 129 cm³/mol. The van der Waals surface area contributed by atoms with Gasteiger partial charge in [-0.15, -0.1) is 0 Å². The van der Waals surface area contributed by atoms with E-state index in [1.165, 1.54) is 25.2 Å². The van der Waals surface area contributed by atoms with Crippen molar-refractivity contribution in [2.75, 3.05) is 0 Å². The van der Waals surface area contributed by atoms with E-state index in [1.807, 2.05) is 32.9 Å². The summed E-state index contributed by atoms with van der Waals surface area (Å²) in [6.45, 7) is 8.22. The molecule has 0 aromatic rings. The molecule has 5 aliphatic rings. The summed E-state index contributed by atoms with van der Waals surface area (Å²) in [6.07, 6.45) is 20.1. The maximum absolute atomic E-state index is 11.5. The van der Waals surface area contributed by atoms with Gasteiger partial charge in [-0.2, -0.15) is 0 Å². The van der Waals surface area contributed by atoms with E-state index in [9.17, 15) is 9.59 Å². The third-order valence-electron chi connectivity index (χ3n) is 9.21. The van der Waals surface area contributed by atoms with Crippen LogP contribution >= 0.6 is 0 Å². The molecule has 4 unspecified atom stereocenters. The highest BCUT2D eigenvalue weighted by Crippen LogP contribution is 2.93. The lowest BCUT2D eigenvalue weighted by Crippen LogP contribution is -2.89. The fraction of sp³-hybridized carbons (Fsp3) is 0.724. The van der Waals surface area contributed by atoms with E-state index in [1.54, 1.807) is 12.5 Å². The van der Waals surface area contributed by atoms with Crippen molar-refractivity contribution in [2.24, 2.45) is 40.9 Å². The van der Waals surface area contributed by atoms with Crippen LogP contribution in [0.5, 0.6) is 0 Å². The van der Waals surface area contributed by atoms with Gasteiger partial charge in [-0.25, -0.2) is 0 Å². The maximum Gasteiger partial charge on any atom is 0.306 e. The first-order chi connectivity index (χ1) is 15.4. The Hall–Kier alpha value is -1.64. The zero-order chi connectivity index (χ0) is 22.9. The van der Waals surface area contributed by atoms with Gasteiger partial charge in [0.25, 0.3) is 0 Å². The molecule has 3 nitrogen and oxygen atoms in total. The van der Waals surface area contributed by atoms with Crippen LogP contribution in [-0.2, 0) is 14.3 Å². The second kappa shape index (κ2) is 9.69. The highest BCUT2D eigenvalue weighted by atomic mass is 16.5. The summed E-state index contributed by atoms with van der Waals surface area (Å²) >= 11 is 0. The lowest BCUT2D eigenvalue weighted by Gasteiger charge is -2.94. The molecule has 5 rings (SSSR count). The van der Waals surface area contributed by atoms with Crippen molar-refractivity contribution in [1.29, 1.82) is 0 Å². The molecule has 0 aromatic carbocycles. The van der Waals surface area contributed by atoms with Gasteiger partial charge in [0, 0.05) is 6.42 Å². The smallest absolute Gasteiger partial charge is 0.306 e. The van der Waals surface area contributed by atoms with Crippen LogP contribution < -0.4 is 0 Å². The average molecular weight is 439 g/mol. The number of ether oxygens (including phenoxy) is 1. The fourth-order valence-corrected chi connectivity index (χ4v) is 8.01. The molecule has 0 bridgehead atoms. The number of esters is 1. The van der Waals surface area contributed by atoms with Gasteiger partial charge in [-0.05, 0) is 118 Å². The third kappa shape index (κ3) is 3.94. The third-order valence-corrected chi connectivity index (χ3v) is 9.21. The van der Waals surface area contributed by atoms with E-state index in [4.69, 9.17) is 4.74 Å². The molecule has 32 heavy (non-hydrogen) atoms. The Morgan fingerprint density at radius 1 is 1.19 bits per heavy atom. The van der Waals surface area contributed by atoms with Crippen LogP contribution in [0.25, 0.3) is 0 Å². The van der Waals surface area contributed by atoms with Gasteiger partial charge in [0.15, 0.2) is 5.78 Å². The molecule has 0 N–H and O–H groups in total. The van der Waals surface area contributed by atoms with Crippen LogP contribution in [-0.4, -0.2) is 17.9 Å². The van der Waals surface area contributed by atoms with Gasteiger partial charge in [0.05, 0.1) is 6.10 Å². The first-order valence-electron chi connectivity index (χ1n) is 13.1. The molecule has 0 heterocycles. The second-order valence-electron chi connectivity index (χ2n) is 11.0. The van der Waals surface area contributed by atoms with Gasteiger partial charge in [0.2, 0.25) is 0 Å². The summed E-state index contributed by atoms with van der Waals surface area (Å²) in [5, 5.41) is 0. The summed E-state index contributed by atoms with van der Waals surface area (Å²) < 4.78 is 4.97. The van der Waals surface area contributed by atoms with Crippen molar-refractivity contribution < 1.29 is 14.3 Å². The normalized spacial score (nSPS) is 38.4. The van der Waals surface area contributed by atoms with E-state index in [-0.39, 0.29) is 17.9 Å². The fourth-order valence-electron chi connectivity index (χ4n) is 8.01. The van der Waals surface area contributed by atoms with Crippen molar-refractivity contribution >= 4 is 11.8 Å². The Morgan fingerprint density at radius 3 is 2.53 bits per heavy atom. The predicted octanol–water partition coefficient (Wildman–Crippen LogP) is 6.83. The number of unbranched alkanes of at least 4 members (excludes halogenated alkanes) is 3. The lowest BCUT2D eigenvalue weighted by atomic mass is 9.10. The van der Waals surface area contributed by atoms with Gasteiger partial charge in [-0.3, -0.25) is 9.59 Å². The molecule has 0 aromatic heterocycles. The molecule has 3 heteroatoms. The first kappa shape index (κ1) is 23.5. The number of hydrogen-bond acceptors (Lipinski definition) is 3. The molecular weight excluding hydrogens is 396 g/mol. The molecular formula is C29H42O3. The topological polar surface area (TPSA) is 43.4 Å². The SMILES string of the molecule is C/C=C\CCCC(=O)OC(C)C.CC1C2C3CC4C1C2C34CCCC/C=C1\CC=CC1=O. The van der Waals surface area contributed by atoms with Crippen LogP contribution in [0.15, 0.2) is 36.0 Å². The van der Waals surface area contributed by atoms with Crippen LogP contribution in [0, 0.1) is 40.9 Å². The zero-order valence-electron chi connectivity index (χ0n) is 20.5. The molecule has 176 valence electrons. The van der Waals surface area contributed by atoms with E-state index in [0.717, 1.165) is 66.3 Å². The standard InChI is InChI=1S/C19H24O.C10H18O2/c1-11-16-13-10-14-17(11)18(16)19(13,14)9-4-2-3-6-12-7-5-8-15(12)20;1-4-5-6-7-8-10(11)12-9(2)3/h5-6,8,11,13-14,16-18H,2-4,7,9-10H2,1H3;4-5,9H,6-8H2,1-3H3/b12-6+;5-4-. The van der Waals surface area contributed by atoms with Crippen molar-refractivity contribution in [3.63, 3.8) is 0 Å². The first-order valence-corrected chi connectivity index (χ1v) is 13.1. The Balaban J connectivity index is 0.000000178. The molecule has 0 radical (unpaired) electrons. The number of carbonyl (C=O) groups is 2. The Bertz CT molecular complexity index is 770. The lowest BCUT2D eigenvalue weighted by molar-refractivity contribution is -0.468. The summed E-state index contributed by atoms with van der Waals surface area (Å²) in [4.78, 5) is 22.4. The van der Waals surface area contributed by atoms with Crippen molar-refractivity contribution in [1.82, 2.24) is 0 Å². The van der Waals surface area contributed by atoms with Gasteiger partial charge in [-0.1, -0.05) is 37.6 Å². The molecule has 4 fully saturated rings. The highest BCUT2D eigenvalue weighted by Gasteiger charge is 2.88. The molecule has 4 saturated carbocycles. The summed E-state index contributed by atoms with van der Waals surface area (Å²) in [5.74, 6) is 6.97. The number of ketones is 1. The Kier molecular flexibility index (Phi) is 7.12. The highest BCUT2D eigenvalue weighted by molar-refractivity contribution is 6.06. The molecule has 4 atom stereocenters. The van der Waals surface area contributed by atoms with E-state index in [2.05, 4.69) is 19.1 Å². The second-order valence-corrected chi connectivity index (χ2v) is 11.0. The van der Waals surface area contributed by atoms with Gasteiger partial charge in [0.1, 0.15) is 0 Å².